The fourth-order valence-corrected chi connectivity index (χ4v) is 9.29. The van der Waals surface area contributed by atoms with Crippen LogP contribution < -0.4 is 0 Å². The van der Waals surface area contributed by atoms with E-state index in [1.54, 1.807) is 0 Å². The lowest BCUT2D eigenvalue weighted by molar-refractivity contribution is 0.469. The Labute approximate surface area is 544 Å². The summed E-state index contributed by atoms with van der Waals surface area (Å²) < 4.78 is 0. The number of rotatable bonds is 7. The van der Waals surface area contributed by atoms with Gasteiger partial charge in [0.1, 0.15) is 0 Å². The smallest absolute Gasteiger partial charge is 0.164 e. The molecule has 0 radical (unpaired) electrons. The third kappa shape index (κ3) is 22.2. The van der Waals surface area contributed by atoms with Crippen LogP contribution in [-0.2, 0) is 5.41 Å². The summed E-state index contributed by atoms with van der Waals surface area (Å²) in [5, 5.41) is 5.41. The second-order valence-electron chi connectivity index (χ2n) is 25.4. The van der Waals surface area contributed by atoms with Crippen LogP contribution in [0.15, 0.2) is 297 Å². The van der Waals surface area contributed by atoms with Crippen molar-refractivity contribution in [3.63, 3.8) is 0 Å². The van der Waals surface area contributed by atoms with Crippen molar-refractivity contribution in [2.45, 2.75) is 103 Å². The average Bonchev–Trinajstić information content (AvgIpc) is 0.765. The van der Waals surface area contributed by atoms with Gasteiger partial charge in [0.15, 0.2) is 34.9 Å². The maximum atomic E-state index is 4.68. The van der Waals surface area contributed by atoms with E-state index in [0.717, 1.165) is 33.4 Å². The van der Waals surface area contributed by atoms with Gasteiger partial charge in [0, 0.05) is 33.4 Å². The molecule has 6 nitrogen and oxygen atoms in total. The first-order valence-corrected chi connectivity index (χ1v) is 31.2. The lowest BCUT2D eigenvalue weighted by Crippen LogP contribution is -2.13. The summed E-state index contributed by atoms with van der Waals surface area (Å²) in [5.74, 6) is 4.10. The standard InChI is InChI=1S/C24H22.2C21H15N3.C6H6.2C5H12.C2H6.CH4/c1-24(2,3)23-20-15-9-7-13-18(20)22(17-11-5-4-6-12-17)19-14-8-10-16-21(19)23;2*1-4-10-16(11-5-1)19-22-20(17-12-6-2-7-13-17)24-21(23-19)18-14-8-3-9-15-18;1-2-4-6-5-3-1;2*1-5(2,3)4;1-2;/h4-16H,1-3H3;2*1-15H;1-6H;2*1-4H3;1-2H3;1H4. The Morgan fingerprint density at radius 3 is 0.516 bits per heavy atom. The molecule has 0 bridgehead atoms. The van der Waals surface area contributed by atoms with Crippen molar-refractivity contribution >= 4 is 21.5 Å². The van der Waals surface area contributed by atoms with Crippen LogP contribution in [0.1, 0.15) is 103 Å². The van der Waals surface area contributed by atoms with Gasteiger partial charge in [0.2, 0.25) is 0 Å². The van der Waals surface area contributed by atoms with E-state index in [4.69, 9.17) is 0 Å². The number of benzene rings is 11. The van der Waals surface area contributed by atoms with Crippen molar-refractivity contribution in [3.8, 4) is 79.5 Å². The highest BCUT2D eigenvalue weighted by molar-refractivity contribution is 6.15. The van der Waals surface area contributed by atoms with Crippen molar-refractivity contribution in [3.05, 3.63) is 303 Å². The Morgan fingerprint density at radius 2 is 0.341 bits per heavy atom. The highest BCUT2D eigenvalue weighted by Gasteiger charge is 2.23. The minimum absolute atomic E-state index is 0. The van der Waals surface area contributed by atoms with Gasteiger partial charge >= 0.3 is 0 Å². The van der Waals surface area contributed by atoms with Crippen LogP contribution in [-0.4, -0.2) is 29.9 Å². The van der Waals surface area contributed by atoms with Gasteiger partial charge < -0.3 is 0 Å². The molecule has 0 saturated carbocycles. The molecule has 13 aromatic rings. The first-order chi connectivity index (χ1) is 43.4. The van der Waals surface area contributed by atoms with Crippen molar-refractivity contribution in [1.82, 2.24) is 29.9 Å². The third-order valence-corrected chi connectivity index (χ3v) is 12.9. The molecule has 11 aromatic carbocycles. The summed E-state index contributed by atoms with van der Waals surface area (Å²) in [4.78, 5) is 28.1. The molecular weight excluding hydrogens is 1100 g/mol. The van der Waals surface area contributed by atoms with Gasteiger partial charge in [-0.3, -0.25) is 0 Å². The van der Waals surface area contributed by atoms with Gasteiger partial charge in [-0.2, -0.15) is 0 Å². The van der Waals surface area contributed by atoms with E-state index < -0.39 is 0 Å². The van der Waals surface area contributed by atoms with Crippen LogP contribution in [0.5, 0.6) is 0 Å². The molecule has 0 unspecified atom stereocenters. The van der Waals surface area contributed by atoms with E-state index >= 15 is 0 Å². The molecule has 0 aliphatic rings. The van der Waals surface area contributed by atoms with Crippen LogP contribution in [0, 0.1) is 10.8 Å². The molecule has 0 spiro atoms. The Hall–Kier alpha value is -10.0. The first-order valence-electron chi connectivity index (χ1n) is 31.2. The summed E-state index contributed by atoms with van der Waals surface area (Å²) in [6.45, 7) is 28.4. The third-order valence-electron chi connectivity index (χ3n) is 12.9. The zero-order chi connectivity index (χ0) is 64.4. The highest BCUT2D eigenvalue weighted by atomic mass is 15.0. The molecule has 0 fully saturated rings. The van der Waals surface area contributed by atoms with Gasteiger partial charge in [-0.25, -0.2) is 29.9 Å². The highest BCUT2D eigenvalue weighted by Crippen LogP contribution is 2.43. The van der Waals surface area contributed by atoms with E-state index in [9.17, 15) is 0 Å². The summed E-state index contributed by atoms with van der Waals surface area (Å²) in [5.41, 5.74) is 11.0. The number of fused-ring (bicyclic) bond motifs is 2. The molecule has 2 heterocycles. The lowest BCUT2D eigenvalue weighted by Gasteiger charge is -2.26. The van der Waals surface area contributed by atoms with Crippen molar-refractivity contribution in [2.24, 2.45) is 10.8 Å². The monoisotopic (exact) mass is 1200 g/mol. The Bertz CT molecular complexity index is 3610. The second kappa shape index (κ2) is 34.6. The zero-order valence-electron chi connectivity index (χ0n) is 55.0. The van der Waals surface area contributed by atoms with Gasteiger partial charge in [-0.05, 0) is 54.5 Å². The molecule has 91 heavy (non-hydrogen) atoms. The minimum atomic E-state index is 0. The Morgan fingerprint density at radius 1 is 0.198 bits per heavy atom. The number of hydrogen-bond acceptors (Lipinski definition) is 6. The molecule has 0 aliphatic heterocycles. The molecule has 0 saturated heterocycles. The van der Waals surface area contributed by atoms with Crippen LogP contribution in [0.4, 0.5) is 0 Å². The van der Waals surface area contributed by atoms with E-state index in [1.165, 1.54) is 38.2 Å². The topological polar surface area (TPSA) is 77.3 Å². The van der Waals surface area contributed by atoms with Gasteiger partial charge in [0.25, 0.3) is 0 Å². The molecule has 0 atom stereocenters. The van der Waals surface area contributed by atoms with Crippen LogP contribution >= 0.6 is 0 Å². The molecule has 0 aliphatic carbocycles. The Balaban J connectivity index is 0.000000190. The van der Waals surface area contributed by atoms with Crippen LogP contribution in [0.3, 0.4) is 0 Å². The van der Waals surface area contributed by atoms with Crippen molar-refractivity contribution in [1.29, 1.82) is 0 Å². The van der Waals surface area contributed by atoms with Crippen LogP contribution in [0.25, 0.3) is 101 Å². The molecule has 0 amide bonds. The zero-order valence-corrected chi connectivity index (χ0v) is 55.0. The minimum Gasteiger partial charge on any atom is -0.208 e. The van der Waals surface area contributed by atoms with Gasteiger partial charge in [0.05, 0.1) is 0 Å². The normalized spacial score (nSPS) is 10.6. The van der Waals surface area contributed by atoms with Gasteiger partial charge in [-0.15, -0.1) is 0 Å². The SMILES string of the molecule is C.CC.CC(C)(C)C.CC(C)(C)C.CC(C)(C)c1c2ccccc2c(-c2ccccc2)c2ccccc12.c1ccc(-c2nc(-c3ccccc3)nc(-c3ccccc3)n2)cc1.c1ccc(-c2nc(-c3ccccc3)nc(-c3ccccc3)n2)cc1.c1ccccc1. The molecule has 6 heteroatoms. The van der Waals surface area contributed by atoms with Crippen molar-refractivity contribution < 1.29 is 0 Å². The molecule has 0 N–H and O–H groups in total. The number of hydrogen-bond donors (Lipinski definition) is 0. The predicted molar refractivity (Wildman–Crippen MR) is 393 cm³/mol. The first kappa shape index (κ1) is 70.1. The molecule has 2 aromatic heterocycles. The fourth-order valence-electron chi connectivity index (χ4n) is 9.29. The predicted octanol–water partition coefficient (Wildman–Crippen LogP) is 24.2. The summed E-state index contributed by atoms with van der Waals surface area (Å²) in [6, 6.07) is 100. The largest absolute Gasteiger partial charge is 0.208 e. The lowest BCUT2D eigenvalue weighted by atomic mass is 9.78. The molecule has 13 rings (SSSR count). The quantitative estimate of drug-likeness (QED) is 0.148. The van der Waals surface area contributed by atoms with Crippen LogP contribution in [0.2, 0.25) is 0 Å². The Kier molecular flexibility index (Phi) is 26.7. The summed E-state index contributed by atoms with van der Waals surface area (Å²) >= 11 is 0. The summed E-state index contributed by atoms with van der Waals surface area (Å²) in [7, 11) is 0. The second-order valence-corrected chi connectivity index (χ2v) is 25.4. The average molecular weight is 1200 g/mol. The molecular formula is C85H92N6. The number of aromatic nitrogens is 6. The molecule has 462 valence electrons. The van der Waals surface area contributed by atoms with E-state index in [0.29, 0.717) is 45.8 Å². The van der Waals surface area contributed by atoms with E-state index in [2.05, 4.69) is 185 Å². The fraction of sp³-hybridized carbons (Fsp3) is 0.200. The van der Waals surface area contributed by atoms with Gasteiger partial charge in [-0.1, -0.05) is 395 Å². The van der Waals surface area contributed by atoms with E-state index in [-0.39, 0.29) is 12.8 Å². The van der Waals surface area contributed by atoms with E-state index in [1.807, 2.05) is 232 Å². The summed E-state index contributed by atoms with van der Waals surface area (Å²) in [6.07, 6.45) is 0. The maximum Gasteiger partial charge on any atom is 0.164 e. The number of nitrogens with zero attached hydrogens (tertiary/aromatic N) is 6. The maximum absolute atomic E-state index is 4.68. The van der Waals surface area contributed by atoms with Crippen molar-refractivity contribution in [2.75, 3.05) is 0 Å².